The number of ether oxygens (including phenoxy) is 2. The van der Waals surface area contributed by atoms with Crippen LogP contribution in [0.3, 0.4) is 0 Å². The second kappa shape index (κ2) is 12.4. The smallest absolute Gasteiger partial charge is 0.276 e. The van der Waals surface area contributed by atoms with Crippen molar-refractivity contribution in [2.45, 2.75) is 21.0 Å². The predicted octanol–water partition coefficient (Wildman–Crippen LogP) is 6.23. The number of carbonyl (C=O) groups is 2. The molecule has 2 amide bonds. The number of hydrogen-bond acceptors (Lipinski definition) is 5. The van der Waals surface area contributed by atoms with Crippen LogP contribution < -0.4 is 20.1 Å². The minimum absolute atomic E-state index is 0.226. The molecule has 0 aliphatic rings. The molecule has 0 saturated carbocycles. The van der Waals surface area contributed by atoms with Gasteiger partial charge in [0.2, 0.25) is 0 Å². The third-order valence-corrected chi connectivity index (χ3v) is 6.53. The van der Waals surface area contributed by atoms with E-state index >= 15 is 0 Å². The Kier molecular flexibility index (Phi) is 9.57. The first-order valence-corrected chi connectivity index (χ1v) is 12.5. The van der Waals surface area contributed by atoms with Crippen molar-refractivity contribution >= 4 is 64.1 Å². The fraction of sp³-hybridized carbons (Fsp3) is 0.200. The number of para-hydroxylation sites is 1. The normalized spacial score (nSPS) is 11.0. The van der Waals surface area contributed by atoms with E-state index in [2.05, 4.69) is 10.6 Å². The molecule has 35 heavy (non-hydrogen) atoms. The maximum atomic E-state index is 12.8. The van der Waals surface area contributed by atoms with Gasteiger partial charge in [0, 0.05) is 21.9 Å². The molecule has 0 radical (unpaired) electrons. The summed E-state index contributed by atoms with van der Waals surface area (Å²) in [6.07, 6.45) is 0. The van der Waals surface area contributed by atoms with E-state index in [-0.39, 0.29) is 12.5 Å². The average Bonchev–Trinajstić information content (AvgIpc) is 2.86. The van der Waals surface area contributed by atoms with Gasteiger partial charge in [-0.2, -0.15) is 0 Å². The molecular formula is C25H23Cl3N2O4S. The lowest BCUT2D eigenvalue weighted by Gasteiger charge is -2.15. The second-order valence-corrected chi connectivity index (χ2v) is 10.6. The molecule has 0 bridgehead atoms. The molecule has 184 valence electrons. The predicted molar refractivity (Wildman–Crippen MR) is 142 cm³/mol. The molecule has 0 unspecified atom stereocenters. The molecule has 0 spiro atoms. The van der Waals surface area contributed by atoms with Crippen molar-refractivity contribution in [2.75, 3.05) is 19.5 Å². The highest BCUT2D eigenvalue weighted by atomic mass is 35.6. The largest absolute Gasteiger partial charge is 0.496 e. The van der Waals surface area contributed by atoms with E-state index in [1.165, 1.54) is 11.8 Å². The van der Waals surface area contributed by atoms with Crippen molar-refractivity contribution < 1.29 is 19.1 Å². The molecule has 0 aliphatic carbocycles. The van der Waals surface area contributed by atoms with Gasteiger partial charge in [-0.15, -0.1) is 11.8 Å². The molecule has 3 rings (SSSR count). The van der Waals surface area contributed by atoms with Crippen LogP contribution in [0.25, 0.3) is 0 Å². The first-order chi connectivity index (χ1) is 16.7. The summed E-state index contributed by atoms with van der Waals surface area (Å²) in [4.78, 5) is 25.8. The van der Waals surface area contributed by atoms with Crippen LogP contribution in [-0.2, 0) is 17.1 Å². The van der Waals surface area contributed by atoms with Crippen molar-refractivity contribution in [2.24, 2.45) is 0 Å². The van der Waals surface area contributed by atoms with Gasteiger partial charge in [0.25, 0.3) is 15.6 Å². The number of halogens is 3. The fourth-order valence-corrected chi connectivity index (χ4v) is 4.32. The molecule has 0 aromatic heterocycles. The number of methoxy groups -OCH3 is 2. The Hall–Kier alpha value is -2.58. The number of anilines is 1. The monoisotopic (exact) mass is 552 g/mol. The van der Waals surface area contributed by atoms with Crippen molar-refractivity contribution in [1.29, 1.82) is 0 Å². The minimum atomic E-state index is -2.06. The van der Waals surface area contributed by atoms with Crippen LogP contribution in [0, 0.1) is 0 Å². The van der Waals surface area contributed by atoms with Crippen molar-refractivity contribution in [3.63, 3.8) is 0 Å². The van der Waals surface area contributed by atoms with Gasteiger partial charge < -0.3 is 20.1 Å². The minimum Gasteiger partial charge on any atom is -0.496 e. The van der Waals surface area contributed by atoms with Crippen molar-refractivity contribution in [3.05, 3.63) is 83.4 Å². The number of alkyl halides is 3. The molecule has 3 aromatic carbocycles. The summed E-state index contributed by atoms with van der Waals surface area (Å²) in [6.45, 7) is 0.250. The Morgan fingerprint density at radius 3 is 2.23 bits per heavy atom. The van der Waals surface area contributed by atoms with E-state index in [0.717, 1.165) is 16.0 Å². The van der Waals surface area contributed by atoms with Gasteiger partial charge in [0.1, 0.15) is 11.5 Å². The van der Waals surface area contributed by atoms with Gasteiger partial charge in [-0.1, -0.05) is 65.1 Å². The van der Waals surface area contributed by atoms with Crippen molar-refractivity contribution in [3.8, 4) is 11.5 Å². The molecule has 0 fully saturated rings. The van der Waals surface area contributed by atoms with Crippen molar-refractivity contribution in [1.82, 2.24) is 5.32 Å². The van der Waals surface area contributed by atoms with Gasteiger partial charge in [0.05, 0.1) is 26.3 Å². The lowest BCUT2D eigenvalue weighted by molar-refractivity contribution is -0.115. The summed E-state index contributed by atoms with van der Waals surface area (Å²) < 4.78 is 8.72. The molecule has 6 nitrogen and oxygen atoms in total. The highest BCUT2D eigenvalue weighted by Crippen LogP contribution is 2.31. The highest BCUT2D eigenvalue weighted by Gasteiger charge is 2.31. The number of benzene rings is 3. The zero-order valence-electron chi connectivity index (χ0n) is 18.9. The number of amides is 2. The molecular weight excluding hydrogens is 531 g/mol. The average molecular weight is 554 g/mol. The highest BCUT2D eigenvalue weighted by molar-refractivity contribution is 7.98. The van der Waals surface area contributed by atoms with E-state index in [1.54, 1.807) is 32.4 Å². The molecule has 3 aromatic rings. The number of hydrogen-bond donors (Lipinski definition) is 2. The third-order valence-electron chi connectivity index (χ3n) is 4.97. The SMILES string of the molecule is COc1cccc(OC)c1CNC(=O)c1cccc(SCc2ccccc2NC(=O)C(Cl)(Cl)Cl)c1. The molecule has 0 heterocycles. The zero-order chi connectivity index (χ0) is 25.4. The Balaban J connectivity index is 1.67. The first kappa shape index (κ1) is 27.0. The van der Waals surface area contributed by atoms with E-state index < -0.39 is 9.70 Å². The summed E-state index contributed by atoms with van der Waals surface area (Å²) in [7, 11) is 3.14. The van der Waals surface area contributed by atoms with Crippen LogP contribution in [0.1, 0.15) is 21.5 Å². The van der Waals surface area contributed by atoms with Gasteiger partial charge in [0.15, 0.2) is 0 Å². The summed E-state index contributed by atoms with van der Waals surface area (Å²) in [5.41, 5.74) is 2.67. The van der Waals surface area contributed by atoms with Crippen LogP contribution in [-0.4, -0.2) is 29.8 Å². The Morgan fingerprint density at radius 2 is 1.57 bits per heavy atom. The van der Waals surface area contributed by atoms with Crippen LogP contribution in [0.5, 0.6) is 11.5 Å². The summed E-state index contributed by atoms with van der Waals surface area (Å²) in [5, 5.41) is 5.55. The topological polar surface area (TPSA) is 76.7 Å². The summed E-state index contributed by atoms with van der Waals surface area (Å²) in [6, 6.07) is 20.0. The second-order valence-electron chi connectivity index (χ2n) is 7.25. The molecule has 0 atom stereocenters. The van der Waals surface area contributed by atoms with E-state index in [0.29, 0.717) is 28.5 Å². The summed E-state index contributed by atoms with van der Waals surface area (Å²) in [5.74, 6) is 0.838. The molecule has 0 saturated heterocycles. The Bertz CT molecular complexity index is 1180. The maximum absolute atomic E-state index is 12.8. The van der Waals surface area contributed by atoms with Gasteiger partial charge in [-0.3, -0.25) is 9.59 Å². The third kappa shape index (κ3) is 7.45. The first-order valence-electron chi connectivity index (χ1n) is 10.4. The number of rotatable bonds is 9. The molecule has 2 N–H and O–H groups in total. The zero-order valence-corrected chi connectivity index (χ0v) is 22.0. The van der Waals surface area contributed by atoms with Crippen LogP contribution in [0.15, 0.2) is 71.6 Å². The lowest BCUT2D eigenvalue weighted by Crippen LogP contribution is -2.27. The molecule has 10 heteroatoms. The molecule has 0 aliphatic heterocycles. The van der Waals surface area contributed by atoms with E-state index in [9.17, 15) is 9.59 Å². The maximum Gasteiger partial charge on any atom is 0.276 e. The Morgan fingerprint density at radius 1 is 0.914 bits per heavy atom. The van der Waals surface area contributed by atoms with Crippen LogP contribution in [0.4, 0.5) is 5.69 Å². The fourth-order valence-electron chi connectivity index (χ4n) is 3.22. The number of nitrogens with one attached hydrogen (secondary N) is 2. The number of thioether (sulfide) groups is 1. The quantitative estimate of drug-likeness (QED) is 0.242. The van der Waals surface area contributed by atoms with Crippen LogP contribution in [0.2, 0.25) is 0 Å². The summed E-state index contributed by atoms with van der Waals surface area (Å²) >= 11 is 18.5. The van der Waals surface area contributed by atoms with Gasteiger partial charge in [-0.25, -0.2) is 0 Å². The number of carbonyl (C=O) groups excluding carboxylic acids is 2. The van der Waals surface area contributed by atoms with Gasteiger partial charge >= 0.3 is 0 Å². The standard InChI is InChI=1S/C25H23Cl3N2O4S/c1-33-21-11-6-12-22(34-2)19(21)14-29-23(31)16-8-5-9-18(13-16)35-15-17-7-3-4-10-20(17)30-24(32)25(26,27)28/h3-13H,14-15H2,1-2H3,(H,29,31)(H,30,32). The van der Waals surface area contributed by atoms with Crippen LogP contribution >= 0.6 is 46.6 Å². The van der Waals surface area contributed by atoms with E-state index in [4.69, 9.17) is 44.3 Å². The van der Waals surface area contributed by atoms with E-state index in [1.807, 2.05) is 48.5 Å². The lowest BCUT2D eigenvalue weighted by atomic mass is 10.1. The van der Waals surface area contributed by atoms with Gasteiger partial charge in [-0.05, 0) is 42.0 Å². The Labute approximate surface area is 223 Å².